The normalized spacial score (nSPS) is 11.2. The van der Waals surface area contributed by atoms with Gasteiger partial charge in [0.1, 0.15) is 0 Å². The summed E-state index contributed by atoms with van der Waals surface area (Å²) < 4.78 is 0. The Kier molecular flexibility index (Phi) is 5.10. The molecule has 0 unspecified atom stereocenters. The lowest BCUT2D eigenvalue weighted by atomic mass is 9.49. The molecule has 0 amide bonds. The van der Waals surface area contributed by atoms with Crippen molar-refractivity contribution in [3.63, 3.8) is 0 Å². The Balaban J connectivity index is 2.94. The molecule has 1 aromatic carbocycles. The van der Waals surface area contributed by atoms with Crippen molar-refractivity contribution < 1.29 is 0 Å². The Morgan fingerprint density at radius 1 is 1.32 bits per heavy atom. The molecule has 2 nitrogen and oxygen atoms in total. The number of hydrogen-bond donors (Lipinski definition) is 2. The minimum absolute atomic E-state index is 0.0639. The number of anilines is 1. The Bertz CT molecular complexity index is 450. The van der Waals surface area contributed by atoms with Gasteiger partial charge in [0.25, 0.3) is 0 Å². The van der Waals surface area contributed by atoms with Gasteiger partial charge in [0.2, 0.25) is 0 Å². The van der Waals surface area contributed by atoms with E-state index in [1.54, 1.807) is 0 Å². The summed E-state index contributed by atoms with van der Waals surface area (Å²) in [6.45, 7) is 15.6. The highest BCUT2D eigenvalue weighted by atomic mass is 15.0. The summed E-state index contributed by atoms with van der Waals surface area (Å²) in [5.74, 6) is 0. The van der Waals surface area contributed by atoms with Gasteiger partial charge in [-0.15, -0.1) is 0 Å². The highest BCUT2D eigenvalue weighted by Crippen LogP contribution is 2.19. The van der Waals surface area contributed by atoms with E-state index in [-0.39, 0.29) is 5.54 Å². The van der Waals surface area contributed by atoms with Crippen molar-refractivity contribution in [3.8, 4) is 0 Å². The Labute approximate surface area is 118 Å². The first-order valence-electron chi connectivity index (χ1n) is 7.13. The van der Waals surface area contributed by atoms with Gasteiger partial charge in [0.05, 0.1) is 0 Å². The SMILES string of the molecule is C=C(NC(C)(C)CCC)c1cc(N)cc(B(C)C)c1. The molecule has 0 saturated carbocycles. The molecule has 3 N–H and O–H groups in total. The molecular formula is C16H27BN2. The minimum Gasteiger partial charge on any atom is -0.399 e. The average molecular weight is 258 g/mol. The summed E-state index contributed by atoms with van der Waals surface area (Å²) in [7, 11) is 0. The topological polar surface area (TPSA) is 38.0 Å². The van der Waals surface area contributed by atoms with Crippen molar-refractivity contribution in [3.05, 3.63) is 30.3 Å². The van der Waals surface area contributed by atoms with Crippen LogP contribution in [-0.4, -0.2) is 12.3 Å². The molecule has 0 radical (unpaired) electrons. The Hall–Kier alpha value is -1.38. The summed E-state index contributed by atoms with van der Waals surface area (Å²) in [5, 5.41) is 3.52. The standard InChI is InChI=1S/C16H27BN2/c1-7-8-16(3,4)19-12(2)13-9-14(17(5)6)11-15(18)10-13/h9-11,19H,2,7-8,18H2,1,3-6H3. The average Bonchev–Trinajstić information content (AvgIpc) is 2.27. The number of rotatable bonds is 6. The fourth-order valence-electron chi connectivity index (χ4n) is 2.35. The summed E-state index contributed by atoms with van der Waals surface area (Å²) in [5.41, 5.74) is 10.2. The van der Waals surface area contributed by atoms with E-state index in [1.165, 1.54) is 5.46 Å². The molecule has 0 fully saturated rings. The van der Waals surface area contributed by atoms with Gasteiger partial charge >= 0.3 is 0 Å². The van der Waals surface area contributed by atoms with Crippen LogP contribution in [0, 0.1) is 0 Å². The van der Waals surface area contributed by atoms with Gasteiger partial charge in [0, 0.05) is 16.9 Å². The van der Waals surface area contributed by atoms with Crippen LogP contribution in [0.2, 0.25) is 13.6 Å². The predicted molar refractivity (Wildman–Crippen MR) is 89.1 cm³/mol. The van der Waals surface area contributed by atoms with Gasteiger partial charge in [0.15, 0.2) is 6.71 Å². The van der Waals surface area contributed by atoms with E-state index in [9.17, 15) is 0 Å². The van der Waals surface area contributed by atoms with E-state index < -0.39 is 0 Å². The molecule has 0 aromatic heterocycles. The van der Waals surface area contributed by atoms with Gasteiger partial charge < -0.3 is 11.1 Å². The van der Waals surface area contributed by atoms with E-state index in [1.807, 2.05) is 12.1 Å². The summed E-state index contributed by atoms with van der Waals surface area (Å²) >= 11 is 0. The van der Waals surface area contributed by atoms with Gasteiger partial charge in [-0.3, -0.25) is 0 Å². The first-order valence-corrected chi connectivity index (χ1v) is 7.13. The molecule has 1 aromatic rings. The molecule has 0 saturated heterocycles. The molecule has 3 heteroatoms. The molecule has 1 rings (SSSR count). The van der Waals surface area contributed by atoms with Crippen molar-refractivity contribution in [2.24, 2.45) is 0 Å². The molecule has 0 heterocycles. The first-order chi connectivity index (χ1) is 8.75. The van der Waals surface area contributed by atoms with Gasteiger partial charge in [-0.25, -0.2) is 0 Å². The zero-order valence-corrected chi connectivity index (χ0v) is 13.0. The van der Waals surface area contributed by atoms with Crippen LogP contribution in [0.3, 0.4) is 0 Å². The van der Waals surface area contributed by atoms with Crippen LogP contribution in [0.1, 0.15) is 39.2 Å². The zero-order valence-electron chi connectivity index (χ0n) is 13.0. The molecule has 0 aliphatic rings. The fourth-order valence-corrected chi connectivity index (χ4v) is 2.35. The minimum atomic E-state index is 0.0639. The van der Waals surface area contributed by atoms with E-state index in [4.69, 9.17) is 5.73 Å². The maximum atomic E-state index is 5.99. The molecule has 0 atom stereocenters. The molecule has 0 aliphatic heterocycles. The second-order valence-electron chi connectivity index (χ2n) is 6.28. The summed E-state index contributed by atoms with van der Waals surface area (Å²) in [6.07, 6.45) is 2.27. The predicted octanol–water partition coefficient (Wildman–Crippen LogP) is 3.37. The second-order valence-corrected chi connectivity index (χ2v) is 6.28. The van der Waals surface area contributed by atoms with Crippen LogP contribution < -0.4 is 16.5 Å². The van der Waals surface area contributed by atoms with Crippen molar-refractivity contribution in [1.29, 1.82) is 0 Å². The van der Waals surface area contributed by atoms with E-state index >= 15 is 0 Å². The van der Waals surface area contributed by atoms with Crippen LogP contribution in [0.25, 0.3) is 5.70 Å². The lowest BCUT2D eigenvalue weighted by Crippen LogP contribution is -2.37. The molecule has 0 spiro atoms. The van der Waals surface area contributed by atoms with Crippen molar-refractivity contribution in [2.45, 2.75) is 52.8 Å². The number of nitrogens with one attached hydrogen (secondary N) is 1. The van der Waals surface area contributed by atoms with Crippen LogP contribution in [0.5, 0.6) is 0 Å². The largest absolute Gasteiger partial charge is 0.399 e. The van der Waals surface area contributed by atoms with Gasteiger partial charge in [-0.1, -0.05) is 45.1 Å². The number of nitrogens with two attached hydrogens (primary N) is 1. The Morgan fingerprint density at radius 2 is 1.95 bits per heavy atom. The summed E-state index contributed by atoms with van der Waals surface area (Å²) in [4.78, 5) is 0. The maximum absolute atomic E-state index is 5.99. The van der Waals surface area contributed by atoms with Crippen molar-refractivity contribution in [2.75, 3.05) is 5.73 Å². The Morgan fingerprint density at radius 3 is 2.47 bits per heavy atom. The molecule has 0 bridgehead atoms. The van der Waals surface area contributed by atoms with Crippen LogP contribution in [-0.2, 0) is 0 Å². The van der Waals surface area contributed by atoms with E-state index in [0.717, 1.165) is 29.8 Å². The third-order valence-corrected chi connectivity index (χ3v) is 3.36. The molecule has 104 valence electrons. The second kappa shape index (κ2) is 6.18. The third-order valence-electron chi connectivity index (χ3n) is 3.36. The highest BCUT2D eigenvalue weighted by Gasteiger charge is 2.17. The third kappa shape index (κ3) is 4.66. The van der Waals surface area contributed by atoms with E-state index in [0.29, 0.717) is 6.71 Å². The number of benzene rings is 1. The first kappa shape index (κ1) is 15.7. The highest BCUT2D eigenvalue weighted by molar-refractivity contribution is 6.70. The van der Waals surface area contributed by atoms with Gasteiger partial charge in [-0.2, -0.15) is 0 Å². The van der Waals surface area contributed by atoms with Gasteiger partial charge in [-0.05, 0) is 38.0 Å². The lowest BCUT2D eigenvalue weighted by molar-refractivity contribution is 0.413. The quantitative estimate of drug-likeness (QED) is 0.606. The molecular weight excluding hydrogens is 231 g/mol. The molecule has 0 aliphatic carbocycles. The smallest absolute Gasteiger partial charge is 0.169 e. The zero-order chi connectivity index (χ0) is 14.6. The van der Waals surface area contributed by atoms with E-state index in [2.05, 4.69) is 52.4 Å². The fraction of sp³-hybridized carbons (Fsp3) is 0.500. The van der Waals surface area contributed by atoms with Crippen molar-refractivity contribution >= 4 is 23.6 Å². The monoisotopic (exact) mass is 258 g/mol. The lowest BCUT2D eigenvalue weighted by Gasteiger charge is -2.28. The number of hydrogen-bond acceptors (Lipinski definition) is 2. The molecule has 19 heavy (non-hydrogen) atoms. The number of nitrogen functional groups attached to an aromatic ring is 1. The van der Waals surface area contributed by atoms with Crippen LogP contribution in [0.4, 0.5) is 5.69 Å². The summed E-state index contributed by atoms with van der Waals surface area (Å²) in [6, 6.07) is 6.21. The maximum Gasteiger partial charge on any atom is 0.169 e. The van der Waals surface area contributed by atoms with Crippen LogP contribution in [0.15, 0.2) is 24.8 Å². The van der Waals surface area contributed by atoms with Crippen molar-refractivity contribution in [1.82, 2.24) is 5.32 Å². The van der Waals surface area contributed by atoms with Crippen LogP contribution >= 0.6 is 0 Å².